The maximum atomic E-state index is 5.89. The zero-order valence-corrected chi connectivity index (χ0v) is 9.16. The summed E-state index contributed by atoms with van der Waals surface area (Å²) in [5.41, 5.74) is 8.00. The molecular formula is C10H10BrN3. The van der Waals surface area contributed by atoms with Crippen molar-refractivity contribution in [2.24, 2.45) is 0 Å². The van der Waals surface area contributed by atoms with Gasteiger partial charge in [-0.25, -0.2) is 4.98 Å². The van der Waals surface area contributed by atoms with E-state index >= 15 is 0 Å². The van der Waals surface area contributed by atoms with Crippen molar-refractivity contribution >= 4 is 32.9 Å². The Balaban J connectivity index is 2.39. The lowest BCUT2D eigenvalue weighted by Gasteiger charge is -2.04. The van der Waals surface area contributed by atoms with Crippen LogP contribution in [-0.4, -0.2) is 9.55 Å². The van der Waals surface area contributed by atoms with Crippen LogP contribution in [0.1, 0.15) is 18.9 Å². The molecule has 0 saturated heterocycles. The van der Waals surface area contributed by atoms with Gasteiger partial charge in [0.05, 0.1) is 11.0 Å². The molecule has 4 heteroatoms. The van der Waals surface area contributed by atoms with Gasteiger partial charge in [0.25, 0.3) is 0 Å². The molecule has 2 N–H and O–H groups in total. The average molecular weight is 252 g/mol. The summed E-state index contributed by atoms with van der Waals surface area (Å²) in [5.74, 6) is 0.634. The molecule has 2 aromatic rings. The first kappa shape index (κ1) is 8.29. The molecule has 0 spiro atoms. The topological polar surface area (TPSA) is 43.8 Å². The number of benzene rings is 1. The summed E-state index contributed by atoms with van der Waals surface area (Å²) in [7, 11) is 0. The third-order valence-electron chi connectivity index (χ3n) is 2.60. The van der Waals surface area contributed by atoms with Crippen LogP contribution in [0.5, 0.6) is 0 Å². The predicted molar refractivity (Wildman–Crippen MR) is 60.1 cm³/mol. The van der Waals surface area contributed by atoms with E-state index in [1.165, 1.54) is 12.8 Å². The first-order valence-electron chi connectivity index (χ1n) is 4.69. The van der Waals surface area contributed by atoms with E-state index in [4.69, 9.17) is 5.73 Å². The number of halogens is 1. The first-order valence-corrected chi connectivity index (χ1v) is 5.48. The maximum Gasteiger partial charge on any atom is 0.201 e. The monoisotopic (exact) mass is 251 g/mol. The highest BCUT2D eigenvalue weighted by Crippen LogP contribution is 2.41. The highest BCUT2D eigenvalue weighted by atomic mass is 79.9. The SMILES string of the molecule is Nc1nc2cccc(Br)c2n1C1CC1. The van der Waals surface area contributed by atoms with Gasteiger partial charge < -0.3 is 10.3 Å². The number of hydrogen-bond acceptors (Lipinski definition) is 2. The summed E-state index contributed by atoms with van der Waals surface area (Å²) < 4.78 is 3.21. The molecule has 0 unspecified atom stereocenters. The van der Waals surface area contributed by atoms with Crippen LogP contribution >= 0.6 is 15.9 Å². The highest BCUT2D eigenvalue weighted by Gasteiger charge is 2.28. The highest BCUT2D eigenvalue weighted by molar-refractivity contribution is 9.10. The number of fused-ring (bicyclic) bond motifs is 1. The van der Waals surface area contributed by atoms with Crippen LogP contribution in [0.2, 0.25) is 0 Å². The Hall–Kier alpha value is -1.03. The molecule has 1 aliphatic rings. The predicted octanol–water partition coefficient (Wildman–Crippen LogP) is 2.72. The Labute approximate surface area is 90.0 Å². The molecule has 3 rings (SSSR count). The molecule has 1 aliphatic carbocycles. The molecule has 0 bridgehead atoms. The normalized spacial score (nSPS) is 16.4. The van der Waals surface area contributed by atoms with Crippen molar-refractivity contribution in [2.45, 2.75) is 18.9 Å². The largest absolute Gasteiger partial charge is 0.369 e. The summed E-state index contributed by atoms with van der Waals surface area (Å²) in [5, 5.41) is 0. The van der Waals surface area contributed by atoms with E-state index in [1.54, 1.807) is 0 Å². The lowest BCUT2D eigenvalue weighted by Crippen LogP contribution is -2.00. The molecule has 1 aromatic heterocycles. The van der Waals surface area contributed by atoms with Crippen LogP contribution < -0.4 is 5.73 Å². The number of nitrogens with two attached hydrogens (primary N) is 1. The van der Waals surface area contributed by atoms with Crippen LogP contribution in [0.3, 0.4) is 0 Å². The van der Waals surface area contributed by atoms with Gasteiger partial charge in [-0.2, -0.15) is 0 Å². The molecule has 0 atom stereocenters. The minimum Gasteiger partial charge on any atom is -0.369 e. The minimum atomic E-state index is 0.568. The van der Waals surface area contributed by atoms with E-state index in [1.807, 2.05) is 18.2 Å². The Bertz CT molecular complexity index is 499. The van der Waals surface area contributed by atoms with Crippen molar-refractivity contribution in [3.8, 4) is 0 Å². The fourth-order valence-electron chi connectivity index (χ4n) is 1.83. The quantitative estimate of drug-likeness (QED) is 0.847. The van der Waals surface area contributed by atoms with Gasteiger partial charge in [-0.05, 0) is 40.9 Å². The average Bonchev–Trinajstić information content (AvgIpc) is 2.90. The van der Waals surface area contributed by atoms with Gasteiger partial charge in [0.2, 0.25) is 5.95 Å². The molecule has 72 valence electrons. The number of nitrogens with zero attached hydrogens (tertiary/aromatic N) is 2. The van der Waals surface area contributed by atoms with Crippen LogP contribution in [0, 0.1) is 0 Å². The van der Waals surface area contributed by atoms with E-state index in [-0.39, 0.29) is 0 Å². The standard InChI is InChI=1S/C10H10BrN3/c11-7-2-1-3-8-9(7)14(6-4-5-6)10(12)13-8/h1-3,6H,4-5H2,(H2,12,13). The van der Waals surface area contributed by atoms with Crippen LogP contribution in [0.15, 0.2) is 22.7 Å². The summed E-state index contributed by atoms with van der Waals surface area (Å²) in [6, 6.07) is 6.58. The minimum absolute atomic E-state index is 0.568. The van der Waals surface area contributed by atoms with Crippen LogP contribution in [0.25, 0.3) is 11.0 Å². The number of hydrogen-bond donors (Lipinski definition) is 1. The van der Waals surface area contributed by atoms with E-state index in [2.05, 4.69) is 25.5 Å². The molecular weight excluding hydrogens is 242 g/mol. The second-order valence-corrected chi connectivity index (χ2v) is 4.53. The summed E-state index contributed by atoms with van der Waals surface area (Å²) in [6.07, 6.45) is 2.44. The molecule has 0 aliphatic heterocycles. The Morgan fingerprint density at radius 3 is 2.93 bits per heavy atom. The van der Waals surface area contributed by atoms with Crippen molar-refractivity contribution in [1.82, 2.24) is 9.55 Å². The van der Waals surface area contributed by atoms with Gasteiger partial charge in [-0.3, -0.25) is 0 Å². The van der Waals surface area contributed by atoms with E-state index in [9.17, 15) is 0 Å². The van der Waals surface area contributed by atoms with Gasteiger partial charge in [0.15, 0.2) is 0 Å². The first-order chi connectivity index (χ1) is 6.77. The van der Waals surface area contributed by atoms with E-state index in [0.29, 0.717) is 12.0 Å². The summed E-state index contributed by atoms with van der Waals surface area (Å²) >= 11 is 3.54. The maximum absolute atomic E-state index is 5.89. The number of imidazole rings is 1. The summed E-state index contributed by atoms with van der Waals surface area (Å²) in [4.78, 5) is 4.35. The fourth-order valence-corrected chi connectivity index (χ4v) is 2.37. The van der Waals surface area contributed by atoms with Gasteiger partial charge in [-0.15, -0.1) is 0 Å². The van der Waals surface area contributed by atoms with E-state index < -0.39 is 0 Å². The number of aromatic nitrogens is 2. The Morgan fingerprint density at radius 2 is 2.21 bits per heavy atom. The molecule has 0 amide bonds. The lowest BCUT2D eigenvalue weighted by atomic mass is 10.3. The van der Waals surface area contributed by atoms with E-state index in [0.717, 1.165) is 15.5 Å². The number of anilines is 1. The van der Waals surface area contributed by atoms with Crippen LogP contribution in [-0.2, 0) is 0 Å². The smallest absolute Gasteiger partial charge is 0.201 e. The van der Waals surface area contributed by atoms with Gasteiger partial charge >= 0.3 is 0 Å². The third-order valence-corrected chi connectivity index (χ3v) is 3.24. The van der Waals surface area contributed by atoms with Crippen molar-refractivity contribution in [1.29, 1.82) is 0 Å². The van der Waals surface area contributed by atoms with Crippen LogP contribution in [0.4, 0.5) is 5.95 Å². The number of rotatable bonds is 1. The molecule has 1 heterocycles. The molecule has 1 saturated carbocycles. The van der Waals surface area contributed by atoms with Crippen molar-refractivity contribution < 1.29 is 0 Å². The second kappa shape index (κ2) is 2.73. The molecule has 1 aromatic carbocycles. The van der Waals surface area contributed by atoms with Crippen molar-refractivity contribution in [3.63, 3.8) is 0 Å². The van der Waals surface area contributed by atoms with Gasteiger partial charge in [-0.1, -0.05) is 6.07 Å². The Kier molecular flexibility index (Phi) is 1.62. The molecule has 14 heavy (non-hydrogen) atoms. The zero-order valence-electron chi connectivity index (χ0n) is 7.57. The molecule has 0 radical (unpaired) electrons. The van der Waals surface area contributed by atoms with Crippen molar-refractivity contribution in [3.05, 3.63) is 22.7 Å². The van der Waals surface area contributed by atoms with Crippen molar-refractivity contribution in [2.75, 3.05) is 5.73 Å². The van der Waals surface area contributed by atoms with Gasteiger partial charge in [0.1, 0.15) is 0 Å². The Morgan fingerprint density at radius 1 is 1.43 bits per heavy atom. The lowest BCUT2D eigenvalue weighted by molar-refractivity contribution is 0.778. The fraction of sp³-hybridized carbons (Fsp3) is 0.300. The summed E-state index contributed by atoms with van der Waals surface area (Å²) in [6.45, 7) is 0. The second-order valence-electron chi connectivity index (χ2n) is 3.68. The van der Waals surface area contributed by atoms with Gasteiger partial charge in [0, 0.05) is 10.5 Å². The number of para-hydroxylation sites is 1. The third kappa shape index (κ3) is 1.07. The molecule has 1 fully saturated rings. The number of nitrogen functional groups attached to an aromatic ring is 1. The molecule has 3 nitrogen and oxygen atoms in total. The zero-order chi connectivity index (χ0) is 9.71.